The van der Waals surface area contributed by atoms with Crippen LogP contribution in [0.3, 0.4) is 0 Å². The van der Waals surface area contributed by atoms with Crippen LogP contribution < -0.4 is 10.6 Å². The Labute approximate surface area is 118 Å². The Kier molecular flexibility index (Phi) is 3.26. The number of nitriles is 1. The number of hydrogen-bond acceptors (Lipinski definition) is 4. The van der Waals surface area contributed by atoms with Crippen LogP contribution in [0.5, 0.6) is 0 Å². The van der Waals surface area contributed by atoms with Gasteiger partial charge in [0.25, 0.3) is 0 Å². The third-order valence-electron chi connectivity index (χ3n) is 3.77. The van der Waals surface area contributed by atoms with Crippen LogP contribution in [0.1, 0.15) is 30.0 Å². The summed E-state index contributed by atoms with van der Waals surface area (Å²) in [6.07, 6.45) is 5.90. The second kappa shape index (κ2) is 5.22. The summed E-state index contributed by atoms with van der Waals surface area (Å²) in [5, 5.41) is 9.32. The molecular formula is C16H16N4. The van der Waals surface area contributed by atoms with Crippen LogP contribution in [-0.2, 0) is 0 Å². The summed E-state index contributed by atoms with van der Waals surface area (Å²) in [4.78, 5) is 6.49. The highest BCUT2D eigenvalue weighted by atomic mass is 15.2. The van der Waals surface area contributed by atoms with Gasteiger partial charge in [0.15, 0.2) is 0 Å². The first kappa shape index (κ1) is 12.5. The Hall–Kier alpha value is -2.54. The van der Waals surface area contributed by atoms with E-state index in [4.69, 9.17) is 5.73 Å². The summed E-state index contributed by atoms with van der Waals surface area (Å²) in [7, 11) is 0. The van der Waals surface area contributed by atoms with E-state index in [1.165, 1.54) is 5.56 Å². The number of benzene rings is 1. The first-order chi connectivity index (χ1) is 9.79. The van der Waals surface area contributed by atoms with Crippen molar-refractivity contribution >= 4 is 11.4 Å². The van der Waals surface area contributed by atoms with Gasteiger partial charge < -0.3 is 10.6 Å². The van der Waals surface area contributed by atoms with E-state index in [1.54, 1.807) is 12.3 Å². The Morgan fingerprint density at radius 2 is 2.25 bits per heavy atom. The van der Waals surface area contributed by atoms with E-state index in [2.05, 4.69) is 22.0 Å². The summed E-state index contributed by atoms with van der Waals surface area (Å²) in [6, 6.07) is 12.1. The molecule has 2 N–H and O–H groups in total. The number of pyridine rings is 1. The maximum absolute atomic E-state index is 9.32. The van der Waals surface area contributed by atoms with Crippen molar-refractivity contribution in [2.24, 2.45) is 0 Å². The highest BCUT2D eigenvalue weighted by molar-refractivity contribution is 5.65. The van der Waals surface area contributed by atoms with Gasteiger partial charge in [-0.25, -0.2) is 0 Å². The zero-order valence-corrected chi connectivity index (χ0v) is 11.2. The summed E-state index contributed by atoms with van der Waals surface area (Å²) in [6.45, 7) is 0.957. The molecule has 0 aliphatic carbocycles. The quantitative estimate of drug-likeness (QED) is 0.847. The normalized spacial score (nSPS) is 17.9. The number of rotatable bonds is 2. The number of nitrogens with zero attached hydrogens (tertiary/aromatic N) is 3. The summed E-state index contributed by atoms with van der Waals surface area (Å²) in [5.41, 5.74) is 9.20. The van der Waals surface area contributed by atoms with Crippen molar-refractivity contribution in [1.82, 2.24) is 4.98 Å². The molecular weight excluding hydrogens is 248 g/mol. The van der Waals surface area contributed by atoms with Gasteiger partial charge in [-0.1, -0.05) is 6.07 Å². The molecule has 1 fully saturated rings. The smallest absolute Gasteiger partial charge is 0.101 e. The van der Waals surface area contributed by atoms with E-state index in [0.29, 0.717) is 17.3 Å². The Morgan fingerprint density at radius 3 is 3.00 bits per heavy atom. The van der Waals surface area contributed by atoms with Crippen molar-refractivity contribution in [3.05, 3.63) is 53.9 Å². The Morgan fingerprint density at radius 1 is 1.35 bits per heavy atom. The van der Waals surface area contributed by atoms with Gasteiger partial charge >= 0.3 is 0 Å². The molecule has 0 amide bonds. The Bertz CT molecular complexity index is 645. The predicted molar refractivity (Wildman–Crippen MR) is 79.1 cm³/mol. The number of nitrogen functional groups attached to an aromatic ring is 1. The van der Waals surface area contributed by atoms with E-state index in [0.717, 1.165) is 25.1 Å². The van der Waals surface area contributed by atoms with Gasteiger partial charge in [-0.3, -0.25) is 4.98 Å². The molecule has 1 aromatic heterocycles. The monoisotopic (exact) mass is 264 g/mol. The van der Waals surface area contributed by atoms with Crippen LogP contribution in [-0.4, -0.2) is 11.5 Å². The predicted octanol–water partition coefficient (Wildman–Crippen LogP) is 2.88. The van der Waals surface area contributed by atoms with E-state index in [-0.39, 0.29) is 0 Å². The van der Waals surface area contributed by atoms with Crippen molar-refractivity contribution in [3.8, 4) is 6.07 Å². The van der Waals surface area contributed by atoms with Crippen LogP contribution in [0.25, 0.3) is 0 Å². The van der Waals surface area contributed by atoms with Crippen molar-refractivity contribution in [2.45, 2.75) is 18.9 Å². The van der Waals surface area contributed by atoms with Gasteiger partial charge in [0.2, 0.25) is 0 Å². The molecule has 2 aromatic rings. The lowest BCUT2D eigenvalue weighted by atomic mass is 10.1. The number of anilines is 2. The molecule has 0 radical (unpaired) electrons. The highest BCUT2D eigenvalue weighted by Crippen LogP contribution is 2.37. The SMILES string of the molecule is N#Cc1cc(N)ccc1N1CCCC1c1cccnc1. The number of nitrogens with two attached hydrogens (primary N) is 1. The lowest BCUT2D eigenvalue weighted by Gasteiger charge is -2.27. The van der Waals surface area contributed by atoms with Gasteiger partial charge in [-0.15, -0.1) is 0 Å². The van der Waals surface area contributed by atoms with Crippen molar-refractivity contribution in [2.75, 3.05) is 17.2 Å². The number of hydrogen-bond donors (Lipinski definition) is 1. The van der Waals surface area contributed by atoms with Crippen molar-refractivity contribution < 1.29 is 0 Å². The second-order valence-corrected chi connectivity index (χ2v) is 5.03. The molecule has 20 heavy (non-hydrogen) atoms. The number of aromatic nitrogens is 1. The standard InChI is InChI=1S/C16H16N4/c17-10-13-9-14(18)5-6-16(13)20-8-2-4-15(20)12-3-1-7-19-11-12/h1,3,5-7,9,11,15H,2,4,8,18H2. The summed E-state index contributed by atoms with van der Waals surface area (Å²) in [5.74, 6) is 0. The minimum Gasteiger partial charge on any atom is -0.399 e. The maximum atomic E-state index is 9.32. The van der Waals surface area contributed by atoms with E-state index < -0.39 is 0 Å². The zero-order chi connectivity index (χ0) is 13.9. The second-order valence-electron chi connectivity index (χ2n) is 5.03. The van der Waals surface area contributed by atoms with Crippen LogP contribution in [0.15, 0.2) is 42.7 Å². The largest absolute Gasteiger partial charge is 0.399 e. The lowest BCUT2D eigenvalue weighted by Crippen LogP contribution is -2.23. The molecule has 1 aromatic carbocycles. The highest BCUT2D eigenvalue weighted by Gasteiger charge is 2.27. The van der Waals surface area contributed by atoms with Gasteiger partial charge in [-0.05, 0) is 42.7 Å². The van der Waals surface area contributed by atoms with Crippen LogP contribution in [0.2, 0.25) is 0 Å². The average molecular weight is 264 g/mol. The molecule has 100 valence electrons. The molecule has 0 spiro atoms. The van der Waals surface area contributed by atoms with Crippen molar-refractivity contribution in [3.63, 3.8) is 0 Å². The molecule has 4 nitrogen and oxygen atoms in total. The van der Waals surface area contributed by atoms with Crippen LogP contribution in [0.4, 0.5) is 11.4 Å². The third kappa shape index (κ3) is 2.19. The fourth-order valence-corrected chi connectivity index (χ4v) is 2.87. The van der Waals surface area contributed by atoms with E-state index >= 15 is 0 Å². The fourth-order valence-electron chi connectivity index (χ4n) is 2.87. The molecule has 1 aliphatic heterocycles. The molecule has 0 saturated carbocycles. The van der Waals surface area contributed by atoms with Gasteiger partial charge in [0, 0.05) is 24.6 Å². The van der Waals surface area contributed by atoms with Crippen molar-refractivity contribution in [1.29, 1.82) is 5.26 Å². The Balaban J connectivity index is 1.99. The molecule has 1 atom stereocenters. The molecule has 2 heterocycles. The minimum atomic E-state index is 0.291. The topological polar surface area (TPSA) is 65.9 Å². The van der Waals surface area contributed by atoms with Gasteiger partial charge in [0.05, 0.1) is 17.3 Å². The minimum absolute atomic E-state index is 0.291. The zero-order valence-electron chi connectivity index (χ0n) is 11.2. The van der Waals surface area contributed by atoms with E-state index in [9.17, 15) is 5.26 Å². The van der Waals surface area contributed by atoms with Gasteiger partial charge in [0.1, 0.15) is 6.07 Å². The molecule has 1 aliphatic rings. The molecule has 3 rings (SSSR count). The molecule has 4 heteroatoms. The fraction of sp³-hybridized carbons (Fsp3) is 0.250. The third-order valence-corrected chi connectivity index (χ3v) is 3.77. The molecule has 1 unspecified atom stereocenters. The average Bonchev–Trinajstić information content (AvgIpc) is 2.97. The van der Waals surface area contributed by atoms with Gasteiger partial charge in [-0.2, -0.15) is 5.26 Å². The lowest BCUT2D eigenvalue weighted by molar-refractivity contribution is 0.715. The molecule has 1 saturated heterocycles. The first-order valence-corrected chi connectivity index (χ1v) is 6.76. The van der Waals surface area contributed by atoms with E-state index in [1.807, 2.05) is 24.4 Å². The van der Waals surface area contributed by atoms with Crippen LogP contribution in [0, 0.1) is 11.3 Å². The summed E-state index contributed by atoms with van der Waals surface area (Å²) >= 11 is 0. The van der Waals surface area contributed by atoms with Crippen LogP contribution >= 0.6 is 0 Å². The maximum Gasteiger partial charge on any atom is 0.101 e. The molecule has 0 bridgehead atoms. The first-order valence-electron chi connectivity index (χ1n) is 6.76. The summed E-state index contributed by atoms with van der Waals surface area (Å²) < 4.78 is 0.